The Bertz CT molecular complexity index is 1960. The number of aryl methyl sites for hydroxylation is 1. The van der Waals surface area contributed by atoms with Crippen LogP contribution in [-0.2, 0) is 25.7 Å². The largest absolute Gasteiger partial charge is 0.441 e. The van der Waals surface area contributed by atoms with Crippen LogP contribution in [0.3, 0.4) is 0 Å². The lowest BCUT2D eigenvalue weighted by Gasteiger charge is -2.33. The lowest BCUT2D eigenvalue weighted by Crippen LogP contribution is -2.52. The van der Waals surface area contributed by atoms with Crippen molar-refractivity contribution in [2.24, 2.45) is 0 Å². The number of nitrogens with zero attached hydrogens (tertiary/aromatic N) is 7. The summed E-state index contributed by atoms with van der Waals surface area (Å²) in [4.78, 5) is 4.06. The molecule has 0 spiro atoms. The highest BCUT2D eigenvalue weighted by atomic mass is 32.1. The van der Waals surface area contributed by atoms with Crippen LogP contribution in [0.4, 0.5) is 17.1 Å². The molecule has 0 saturated heterocycles. The van der Waals surface area contributed by atoms with E-state index in [-0.39, 0.29) is 0 Å². The van der Waals surface area contributed by atoms with Gasteiger partial charge < -0.3 is 20.1 Å². The van der Waals surface area contributed by atoms with Crippen molar-refractivity contribution in [2.45, 2.75) is 191 Å². The normalized spacial score (nSPS) is 15.7. The fourth-order valence-electron chi connectivity index (χ4n) is 9.08. The van der Waals surface area contributed by atoms with Crippen molar-refractivity contribution in [1.82, 2.24) is 10.4 Å². The zero-order valence-corrected chi connectivity index (χ0v) is 42.4. The maximum absolute atomic E-state index is 5.82. The Morgan fingerprint density at radius 1 is 0.597 bits per heavy atom. The Balaban J connectivity index is 0.000000156. The summed E-state index contributed by atoms with van der Waals surface area (Å²) in [6.07, 6.45) is 12.7. The van der Waals surface area contributed by atoms with E-state index in [0.717, 1.165) is 45.0 Å². The molecule has 0 bridgehead atoms. The first-order valence-corrected chi connectivity index (χ1v) is 24.9. The lowest BCUT2D eigenvalue weighted by molar-refractivity contribution is -0.725. The van der Waals surface area contributed by atoms with Gasteiger partial charge in [-0.2, -0.15) is 18.3 Å². The number of hydrogen-bond donors (Lipinski definition) is 2. The molecule has 0 saturated carbocycles. The maximum Gasteiger partial charge on any atom is 0.392 e. The third-order valence-electron chi connectivity index (χ3n) is 12.2. The molecule has 8 rings (SSSR count). The Labute approximate surface area is 380 Å². The van der Waals surface area contributed by atoms with E-state index in [9.17, 15) is 0 Å². The molecule has 4 aromatic rings. The first kappa shape index (κ1) is 49.2. The molecule has 4 aromatic heterocycles. The number of hydrogen-bond acceptors (Lipinski definition) is 7. The smallest absolute Gasteiger partial charge is 0.392 e. The van der Waals surface area contributed by atoms with Crippen LogP contribution in [0.1, 0.15) is 174 Å². The fraction of sp³-hybridized carbons (Fsp3) is 0.647. The highest BCUT2D eigenvalue weighted by Gasteiger charge is 2.33. The van der Waals surface area contributed by atoms with E-state index in [2.05, 4.69) is 210 Å². The molecule has 4 aliphatic rings. The number of rotatable bonds is 8. The molecular weight excluding hydrogens is 787 g/mol. The maximum atomic E-state index is 5.82. The Hall–Kier alpha value is -3.80. The van der Waals surface area contributed by atoms with Crippen LogP contribution < -0.4 is 43.8 Å². The topological polar surface area (TPSA) is 58.5 Å². The summed E-state index contributed by atoms with van der Waals surface area (Å²) in [6.45, 7) is 39.7. The molecule has 0 radical (unpaired) electrons. The predicted octanol–water partition coefficient (Wildman–Crippen LogP) is 9.37. The molecule has 2 N–H and O–H groups in total. The number of nitrogens with one attached hydrogen (secondary N) is 2. The number of pyridine rings is 3. The number of anilines is 3. The number of ether oxygens (including phenoxy) is 1. The van der Waals surface area contributed by atoms with E-state index in [0.29, 0.717) is 48.2 Å². The van der Waals surface area contributed by atoms with Crippen LogP contribution >= 0.6 is 11.3 Å². The van der Waals surface area contributed by atoms with E-state index in [4.69, 9.17) is 4.74 Å². The number of hydrazine groups is 2. The first-order chi connectivity index (χ1) is 29.4. The standard InChI is InChI=1S/2C13H22N3.C13H21N2O.C12H20NS/c1-10(2)15-9-5-6-13-12(15)7-8-14-16(13)11(3)4;1-10(2)15-8-5-6-12-13(15)7-9-16(14-12)11(3)4;1-10(2)14-8-9-16-13-12(14)6-5-7-15(13)11(3)4;1-8(2)12-13(9(3)4)10-6-5-7-11(10)14-12/h5-6,9-11,14H,7-8H2,1-4H3;5-6,8,10-11,14H,7,9H2,1-4H3;5-7,10-11H,8-9H2,1-4H3;8-9H,5-7H2,1-4H3/q4*+1. The van der Waals surface area contributed by atoms with E-state index in [1.54, 1.807) is 15.6 Å². The van der Waals surface area contributed by atoms with Crippen LogP contribution in [0.2, 0.25) is 0 Å². The first-order valence-electron chi connectivity index (χ1n) is 24.0. The summed E-state index contributed by atoms with van der Waals surface area (Å²) in [5.41, 5.74) is 15.3. The summed E-state index contributed by atoms with van der Waals surface area (Å²) in [7, 11) is 0. The van der Waals surface area contributed by atoms with E-state index in [1.807, 2.05) is 11.3 Å². The number of thiazole rings is 1. The molecule has 0 amide bonds. The highest BCUT2D eigenvalue weighted by Crippen LogP contribution is 2.32. The molecule has 0 atom stereocenters. The summed E-state index contributed by atoms with van der Waals surface area (Å²) in [6, 6.07) is 16.6. The average molecular weight is 872 g/mol. The molecule has 0 aromatic carbocycles. The van der Waals surface area contributed by atoms with Gasteiger partial charge in [0.1, 0.15) is 18.0 Å². The van der Waals surface area contributed by atoms with Gasteiger partial charge in [0.25, 0.3) is 0 Å². The summed E-state index contributed by atoms with van der Waals surface area (Å²) >= 11 is 2.05. The van der Waals surface area contributed by atoms with Crippen molar-refractivity contribution in [3.63, 3.8) is 0 Å². The van der Waals surface area contributed by atoms with Crippen molar-refractivity contribution in [3.05, 3.63) is 82.0 Å². The van der Waals surface area contributed by atoms with Gasteiger partial charge in [-0.15, -0.1) is 0 Å². The SMILES string of the molecule is CC(C)N1CCOc2c1ccc[n+]2C(C)C.CC(C)N1CCc2c(ccc[n+]2C(C)C)N1.CC(C)N1NCCc2c1ccc[n+]2C(C)C.CC(C)c1sc2c([n+]1C(C)C)CCC2. The van der Waals surface area contributed by atoms with Crippen molar-refractivity contribution in [1.29, 1.82) is 0 Å². The third-order valence-corrected chi connectivity index (χ3v) is 13.7. The van der Waals surface area contributed by atoms with Crippen molar-refractivity contribution >= 4 is 28.4 Å². The molecule has 62 heavy (non-hydrogen) atoms. The molecule has 7 heterocycles. The molecule has 10 nitrogen and oxygen atoms in total. The molecule has 1 aliphatic carbocycles. The van der Waals surface area contributed by atoms with Crippen molar-refractivity contribution in [2.75, 3.05) is 41.6 Å². The van der Waals surface area contributed by atoms with Crippen LogP contribution in [0.5, 0.6) is 5.88 Å². The molecule has 0 unspecified atom stereocenters. The number of aromatic nitrogens is 4. The van der Waals surface area contributed by atoms with E-state index < -0.39 is 0 Å². The Kier molecular flexibility index (Phi) is 17.6. The van der Waals surface area contributed by atoms with Gasteiger partial charge in [-0.25, -0.2) is 10.4 Å². The van der Waals surface area contributed by atoms with Gasteiger partial charge in [0.15, 0.2) is 54.1 Å². The summed E-state index contributed by atoms with van der Waals surface area (Å²) in [5, 5.41) is 6.15. The number of fused-ring (bicyclic) bond motifs is 4. The van der Waals surface area contributed by atoms with E-state index in [1.165, 1.54) is 47.7 Å². The Morgan fingerprint density at radius 2 is 1.21 bits per heavy atom. The third kappa shape index (κ3) is 11.7. The van der Waals surface area contributed by atoms with E-state index >= 15 is 0 Å². The minimum atomic E-state index is 0.432. The van der Waals surface area contributed by atoms with Crippen LogP contribution in [0.15, 0.2) is 55.0 Å². The fourth-order valence-corrected chi connectivity index (χ4v) is 10.6. The monoisotopic (exact) mass is 872 g/mol. The molecule has 0 fully saturated rings. The zero-order chi connectivity index (χ0) is 45.4. The quantitative estimate of drug-likeness (QED) is 0.172. The van der Waals surface area contributed by atoms with Gasteiger partial charge in [0.2, 0.25) is 16.4 Å². The second kappa shape index (κ2) is 22.2. The van der Waals surface area contributed by atoms with Gasteiger partial charge in [0.05, 0.1) is 11.4 Å². The van der Waals surface area contributed by atoms with Crippen molar-refractivity contribution in [3.8, 4) is 5.88 Å². The van der Waals surface area contributed by atoms with Crippen LogP contribution in [0.25, 0.3) is 0 Å². The molecular formula is C51H85N9OS+4. The van der Waals surface area contributed by atoms with Gasteiger partial charge in [-0.3, -0.25) is 0 Å². The predicted molar refractivity (Wildman–Crippen MR) is 259 cm³/mol. The van der Waals surface area contributed by atoms with Crippen LogP contribution in [0, 0.1) is 0 Å². The summed E-state index contributed by atoms with van der Waals surface area (Å²) < 4.78 is 15.3. The second-order valence-corrected chi connectivity index (χ2v) is 20.7. The summed E-state index contributed by atoms with van der Waals surface area (Å²) in [5.74, 6) is 1.69. The molecule has 11 heteroatoms. The van der Waals surface area contributed by atoms with Gasteiger partial charge in [-0.05, 0) is 128 Å². The average Bonchev–Trinajstić information content (AvgIpc) is 3.85. The highest BCUT2D eigenvalue weighted by molar-refractivity contribution is 7.11. The zero-order valence-electron chi connectivity index (χ0n) is 41.6. The van der Waals surface area contributed by atoms with Gasteiger partial charge in [-0.1, -0.05) is 25.2 Å². The van der Waals surface area contributed by atoms with Crippen LogP contribution in [-0.4, -0.2) is 49.4 Å². The van der Waals surface area contributed by atoms with Crippen molar-refractivity contribution < 1.29 is 23.0 Å². The lowest BCUT2D eigenvalue weighted by atomic mass is 10.1. The Morgan fingerprint density at radius 3 is 1.79 bits per heavy atom. The minimum absolute atomic E-state index is 0.432. The van der Waals surface area contributed by atoms with Gasteiger partial charge >= 0.3 is 5.88 Å². The molecule has 3 aliphatic heterocycles. The minimum Gasteiger partial charge on any atom is -0.441 e. The second-order valence-electron chi connectivity index (χ2n) is 19.6. The molecule has 342 valence electrons. The van der Waals surface area contributed by atoms with Gasteiger partial charge in [0, 0.05) is 74.6 Å².